The van der Waals surface area contributed by atoms with Crippen LogP contribution in [-0.2, 0) is 9.59 Å². The molecule has 2 N–H and O–H groups in total. The Morgan fingerprint density at radius 2 is 1.79 bits per heavy atom. The first-order valence-electron chi connectivity index (χ1n) is 8.74. The third-order valence-electron chi connectivity index (χ3n) is 5.27. The Balaban J connectivity index is 1.46. The van der Waals surface area contributed by atoms with E-state index in [1.807, 2.05) is 5.32 Å². The first-order chi connectivity index (χ1) is 11.3. The molecule has 1 saturated carbocycles. The summed E-state index contributed by atoms with van der Waals surface area (Å²) in [6, 6.07) is -1.43. The molecule has 2 saturated heterocycles. The second-order valence-corrected chi connectivity index (χ2v) is 7.18. The summed E-state index contributed by atoms with van der Waals surface area (Å²) in [4.78, 5) is 26.0. The second kappa shape index (κ2) is 6.90. The molecule has 3 fully saturated rings. The number of amides is 2. The predicted octanol–water partition coefficient (Wildman–Crippen LogP) is 1.43. The number of carbonyl (C=O) groups is 2. The van der Waals surface area contributed by atoms with E-state index >= 15 is 0 Å². The van der Waals surface area contributed by atoms with Crippen LogP contribution in [0, 0.1) is 11.8 Å². The molecule has 3 rings (SSSR count). The van der Waals surface area contributed by atoms with Crippen molar-refractivity contribution in [2.24, 2.45) is 11.8 Å². The van der Waals surface area contributed by atoms with Crippen molar-refractivity contribution in [1.29, 1.82) is 0 Å². The number of likely N-dealkylation sites (tertiary alicyclic amines) is 1. The maximum atomic E-state index is 12.7. The van der Waals surface area contributed by atoms with Gasteiger partial charge in [0.25, 0.3) is 0 Å². The minimum absolute atomic E-state index is 0.0330. The van der Waals surface area contributed by atoms with Crippen LogP contribution in [0.15, 0.2) is 0 Å². The first-order valence-corrected chi connectivity index (χ1v) is 8.74. The lowest BCUT2D eigenvalue weighted by Crippen LogP contribution is -2.56. The summed E-state index contributed by atoms with van der Waals surface area (Å²) < 4.78 is 38.0. The first kappa shape index (κ1) is 17.5. The molecule has 2 aliphatic heterocycles. The van der Waals surface area contributed by atoms with Gasteiger partial charge in [0.15, 0.2) is 0 Å². The third kappa shape index (κ3) is 4.20. The molecule has 0 spiro atoms. The van der Waals surface area contributed by atoms with Gasteiger partial charge in [-0.2, -0.15) is 13.2 Å². The Hall–Kier alpha value is -1.31. The predicted molar refractivity (Wildman–Crippen MR) is 81.0 cm³/mol. The summed E-state index contributed by atoms with van der Waals surface area (Å²) in [6.45, 7) is 2.16. The highest BCUT2D eigenvalue weighted by molar-refractivity contribution is 6.00. The molecule has 24 heavy (non-hydrogen) atoms. The van der Waals surface area contributed by atoms with Crippen LogP contribution in [0.3, 0.4) is 0 Å². The van der Waals surface area contributed by atoms with E-state index in [4.69, 9.17) is 0 Å². The lowest BCUT2D eigenvalue weighted by Gasteiger charge is -2.36. The summed E-state index contributed by atoms with van der Waals surface area (Å²) in [5.74, 6) is -1.28. The summed E-state index contributed by atoms with van der Waals surface area (Å²) in [5.41, 5.74) is 0. The highest BCUT2D eigenvalue weighted by Gasteiger charge is 2.46. The van der Waals surface area contributed by atoms with Crippen LogP contribution in [0.4, 0.5) is 13.2 Å². The van der Waals surface area contributed by atoms with Crippen molar-refractivity contribution in [2.75, 3.05) is 19.6 Å². The maximum Gasteiger partial charge on any atom is 0.408 e. The lowest BCUT2D eigenvalue weighted by molar-refractivity contribution is -0.172. The van der Waals surface area contributed by atoms with E-state index < -0.39 is 24.0 Å². The van der Waals surface area contributed by atoms with Crippen LogP contribution in [0.1, 0.15) is 38.5 Å². The van der Waals surface area contributed by atoms with Crippen molar-refractivity contribution in [3.05, 3.63) is 0 Å². The molecule has 2 heterocycles. The molecule has 0 aromatic rings. The summed E-state index contributed by atoms with van der Waals surface area (Å²) >= 11 is 0. The standard InChI is InChI=1S/C16H24F3N3O2/c17-16(18,19)13-4-3-12(14(23)21-13)15(24)22-7-5-11(6-8-22)20-9-10-1-2-10/h10-13,20H,1-9H2,(H,21,23). The number of piperidine rings is 2. The minimum atomic E-state index is -4.45. The topological polar surface area (TPSA) is 61.4 Å². The van der Waals surface area contributed by atoms with Crippen LogP contribution < -0.4 is 10.6 Å². The largest absolute Gasteiger partial charge is 0.408 e. The Morgan fingerprint density at radius 3 is 2.33 bits per heavy atom. The van der Waals surface area contributed by atoms with Gasteiger partial charge in [-0.25, -0.2) is 0 Å². The van der Waals surface area contributed by atoms with Gasteiger partial charge in [-0.05, 0) is 51.0 Å². The van der Waals surface area contributed by atoms with Crippen molar-refractivity contribution >= 4 is 11.8 Å². The smallest absolute Gasteiger partial charge is 0.344 e. The fourth-order valence-corrected chi connectivity index (χ4v) is 3.47. The van der Waals surface area contributed by atoms with Gasteiger partial charge < -0.3 is 15.5 Å². The molecule has 0 aromatic heterocycles. The zero-order chi connectivity index (χ0) is 17.3. The van der Waals surface area contributed by atoms with Crippen molar-refractivity contribution < 1.29 is 22.8 Å². The van der Waals surface area contributed by atoms with E-state index in [2.05, 4.69) is 5.32 Å². The fraction of sp³-hybridized carbons (Fsp3) is 0.875. The minimum Gasteiger partial charge on any atom is -0.344 e. The number of rotatable bonds is 4. The number of halogens is 3. The molecular weight excluding hydrogens is 323 g/mol. The van der Waals surface area contributed by atoms with Gasteiger partial charge >= 0.3 is 6.18 Å². The zero-order valence-corrected chi connectivity index (χ0v) is 13.6. The van der Waals surface area contributed by atoms with Crippen molar-refractivity contribution in [3.63, 3.8) is 0 Å². The SMILES string of the molecule is O=C1NC(C(F)(F)F)CCC1C(=O)N1CCC(NCC2CC2)CC1. The molecule has 5 nitrogen and oxygen atoms in total. The normalized spacial score (nSPS) is 29.5. The summed E-state index contributed by atoms with van der Waals surface area (Å²) in [7, 11) is 0. The van der Waals surface area contributed by atoms with Crippen LogP contribution in [0.2, 0.25) is 0 Å². The number of nitrogens with zero attached hydrogens (tertiary/aromatic N) is 1. The monoisotopic (exact) mass is 347 g/mol. The van der Waals surface area contributed by atoms with Gasteiger partial charge in [0.2, 0.25) is 11.8 Å². The van der Waals surface area contributed by atoms with Gasteiger partial charge in [-0.3, -0.25) is 9.59 Å². The molecule has 0 aromatic carbocycles. The van der Waals surface area contributed by atoms with E-state index in [1.54, 1.807) is 4.90 Å². The molecule has 8 heteroatoms. The third-order valence-corrected chi connectivity index (χ3v) is 5.27. The number of hydrogen-bond acceptors (Lipinski definition) is 3. The van der Waals surface area contributed by atoms with E-state index in [1.165, 1.54) is 12.8 Å². The van der Waals surface area contributed by atoms with Gasteiger partial charge in [0.1, 0.15) is 12.0 Å². The van der Waals surface area contributed by atoms with E-state index in [9.17, 15) is 22.8 Å². The number of nitrogens with one attached hydrogen (secondary N) is 2. The molecule has 2 atom stereocenters. The van der Waals surface area contributed by atoms with Crippen LogP contribution >= 0.6 is 0 Å². The molecule has 1 aliphatic carbocycles. The average Bonchev–Trinajstić information content (AvgIpc) is 3.36. The molecule has 2 amide bonds. The lowest BCUT2D eigenvalue weighted by atomic mass is 9.91. The highest BCUT2D eigenvalue weighted by Crippen LogP contribution is 2.30. The van der Waals surface area contributed by atoms with Crippen molar-refractivity contribution in [1.82, 2.24) is 15.5 Å². The van der Waals surface area contributed by atoms with E-state index in [0.29, 0.717) is 19.1 Å². The number of carbonyl (C=O) groups excluding carboxylic acids is 2. The maximum absolute atomic E-state index is 12.7. The van der Waals surface area contributed by atoms with Gasteiger partial charge in [0.05, 0.1) is 0 Å². The molecule has 136 valence electrons. The summed E-state index contributed by atoms with van der Waals surface area (Å²) in [6.07, 6.45) is -0.467. The zero-order valence-electron chi connectivity index (χ0n) is 13.6. The highest BCUT2D eigenvalue weighted by atomic mass is 19.4. The Bertz CT molecular complexity index is 485. The second-order valence-electron chi connectivity index (χ2n) is 7.18. The summed E-state index contributed by atoms with van der Waals surface area (Å²) in [5, 5.41) is 5.46. The molecular formula is C16H24F3N3O2. The van der Waals surface area contributed by atoms with E-state index in [-0.39, 0.29) is 18.7 Å². The number of hydrogen-bond donors (Lipinski definition) is 2. The van der Waals surface area contributed by atoms with Gasteiger partial charge in [-0.1, -0.05) is 0 Å². The molecule has 2 unspecified atom stereocenters. The average molecular weight is 347 g/mol. The molecule has 0 bridgehead atoms. The van der Waals surface area contributed by atoms with Crippen molar-refractivity contribution in [2.45, 2.75) is 56.8 Å². The van der Waals surface area contributed by atoms with Crippen LogP contribution in [0.5, 0.6) is 0 Å². The van der Waals surface area contributed by atoms with Crippen LogP contribution in [0.25, 0.3) is 0 Å². The Kier molecular flexibility index (Phi) is 5.03. The number of alkyl halides is 3. The van der Waals surface area contributed by atoms with Gasteiger partial charge in [-0.15, -0.1) is 0 Å². The van der Waals surface area contributed by atoms with Gasteiger partial charge in [0, 0.05) is 19.1 Å². The van der Waals surface area contributed by atoms with Crippen molar-refractivity contribution in [3.8, 4) is 0 Å². The molecule has 3 aliphatic rings. The Labute approximate surface area is 139 Å². The quantitative estimate of drug-likeness (QED) is 0.757. The Morgan fingerprint density at radius 1 is 1.12 bits per heavy atom. The van der Waals surface area contributed by atoms with Crippen LogP contribution in [-0.4, -0.2) is 54.6 Å². The molecule has 0 radical (unpaired) electrons. The fourth-order valence-electron chi connectivity index (χ4n) is 3.47. The van der Waals surface area contributed by atoms with E-state index in [0.717, 1.165) is 25.3 Å².